The van der Waals surface area contributed by atoms with E-state index in [2.05, 4.69) is 13.2 Å². The lowest BCUT2D eigenvalue weighted by atomic mass is 9.83. The maximum absolute atomic E-state index is 6.51. The van der Waals surface area contributed by atoms with E-state index in [9.17, 15) is 0 Å². The molecule has 1 heterocycles. The molecule has 1 aliphatic heterocycles. The first-order valence-electron chi connectivity index (χ1n) is 11.8. The molecule has 6 nitrogen and oxygen atoms in total. The molecule has 1 saturated carbocycles. The molecule has 1 aliphatic carbocycles. The number of hydrogen-bond acceptors (Lipinski definition) is 6. The number of hydrogen-bond donors (Lipinski definition) is 0. The lowest BCUT2D eigenvalue weighted by molar-refractivity contribution is -0.365. The Balaban J connectivity index is 1.63. The number of ether oxygens (including phenoxy) is 6. The molecule has 2 fully saturated rings. The van der Waals surface area contributed by atoms with E-state index in [1.165, 1.54) is 0 Å². The summed E-state index contributed by atoms with van der Waals surface area (Å²) in [6.07, 6.45) is 0.561. The van der Waals surface area contributed by atoms with Gasteiger partial charge in [-0.15, -0.1) is 13.2 Å². The van der Waals surface area contributed by atoms with E-state index >= 15 is 0 Å². The molecular formula is C28H34O6. The van der Waals surface area contributed by atoms with Gasteiger partial charge in [-0.1, -0.05) is 72.8 Å². The summed E-state index contributed by atoms with van der Waals surface area (Å²) in [5, 5.41) is 0. The van der Waals surface area contributed by atoms with Gasteiger partial charge in [0.25, 0.3) is 0 Å². The minimum absolute atomic E-state index is 0.356. The number of rotatable bonds is 12. The minimum Gasteiger partial charge on any atom is -0.369 e. The van der Waals surface area contributed by atoms with Crippen LogP contribution in [0.3, 0.4) is 0 Å². The summed E-state index contributed by atoms with van der Waals surface area (Å²) in [5.74, 6) is 0. The highest BCUT2D eigenvalue weighted by Gasteiger charge is 2.58. The van der Waals surface area contributed by atoms with Crippen LogP contribution in [-0.2, 0) is 41.6 Å². The Labute approximate surface area is 202 Å². The first-order chi connectivity index (χ1) is 16.7. The molecule has 7 atom stereocenters. The summed E-state index contributed by atoms with van der Waals surface area (Å²) in [6, 6.07) is 20.1. The molecule has 2 aliphatic rings. The van der Waals surface area contributed by atoms with Crippen LogP contribution in [0.15, 0.2) is 86.0 Å². The quantitative estimate of drug-likeness (QED) is 0.431. The summed E-state index contributed by atoms with van der Waals surface area (Å²) >= 11 is 0. The Hall–Kier alpha value is -2.32. The van der Waals surface area contributed by atoms with Crippen molar-refractivity contribution in [3.63, 3.8) is 0 Å². The zero-order valence-corrected chi connectivity index (χ0v) is 19.7. The largest absolute Gasteiger partial charge is 0.369 e. The van der Waals surface area contributed by atoms with E-state index in [1.54, 1.807) is 12.2 Å². The van der Waals surface area contributed by atoms with Crippen LogP contribution in [0.1, 0.15) is 18.1 Å². The van der Waals surface area contributed by atoms with Crippen LogP contribution >= 0.6 is 0 Å². The first-order valence-corrected chi connectivity index (χ1v) is 11.8. The molecule has 2 aromatic carbocycles. The molecule has 1 saturated heterocycles. The maximum Gasteiger partial charge on any atom is 0.156 e. The molecule has 34 heavy (non-hydrogen) atoms. The van der Waals surface area contributed by atoms with Crippen molar-refractivity contribution in [3.05, 3.63) is 97.1 Å². The average molecular weight is 467 g/mol. The summed E-state index contributed by atoms with van der Waals surface area (Å²) in [4.78, 5) is 0. The minimum atomic E-state index is -0.435. The van der Waals surface area contributed by atoms with Gasteiger partial charge in [-0.05, 0) is 18.1 Å². The van der Waals surface area contributed by atoms with Gasteiger partial charge in [0.15, 0.2) is 6.29 Å². The zero-order chi connectivity index (χ0) is 23.8. The van der Waals surface area contributed by atoms with Crippen LogP contribution < -0.4 is 0 Å². The van der Waals surface area contributed by atoms with Gasteiger partial charge in [-0.25, -0.2) is 0 Å². The SMILES string of the molecule is C=CCO[C@@H]1[C@H]2O[C@H](C)O[C@@H]1[C@H](OCc1ccccc1)[C@H](OCc1ccccc1)[C@H]2OCC=C. The van der Waals surface area contributed by atoms with E-state index in [-0.39, 0.29) is 18.3 Å². The first kappa shape index (κ1) is 24.8. The fraction of sp³-hybridized carbons (Fsp3) is 0.429. The van der Waals surface area contributed by atoms with Gasteiger partial charge in [0.05, 0.1) is 26.4 Å². The Bertz CT molecular complexity index is 888. The third kappa shape index (κ3) is 6.02. The van der Waals surface area contributed by atoms with Crippen molar-refractivity contribution in [3.8, 4) is 0 Å². The second-order valence-corrected chi connectivity index (χ2v) is 8.46. The van der Waals surface area contributed by atoms with Gasteiger partial charge in [0.2, 0.25) is 0 Å². The van der Waals surface area contributed by atoms with Gasteiger partial charge < -0.3 is 28.4 Å². The van der Waals surface area contributed by atoms with Gasteiger partial charge in [-0.2, -0.15) is 0 Å². The molecule has 0 spiro atoms. The fourth-order valence-corrected chi connectivity index (χ4v) is 4.56. The van der Waals surface area contributed by atoms with Crippen molar-refractivity contribution in [2.75, 3.05) is 13.2 Å². The summed E-state index contributed by atoms with van der Waals surface area (Å²) in [7, 11) is 0. The molecular weight excluding hydrogens is 432 g/mol. The molecule has 0 N–H and O–H groups in total. The van der Waals surface area contributed by atoms with Crippen LogP contribution in [-0.4, -0.2) is 56.1 Å². The molecule has 0 amide bonds. The maximum atomic E-state index is 6.51. The van der Waals surface area contributed by atoms with Crippen LogP contribution in [0.25, 0.3) is 0 Å². The van der Waals surface area contributed by atoms with E-state index in [4.69, 9.17) is 28.4 Å². The van der Waals surface area contributed by atoms with Crippen molar-refractivity contribution in [2.24, 2.45) is 0 Å². The number of benzene rings is 2. The standard InChI is InChI=1S/C28H34O6/c1-4-16-29-24-23(31-18-21-12-8-6-9-13-21)25(32-19-22-14-10-7-11-15-22)28-26(30-17-5-2)27(24)33-20(3)34-28/h4-15,20,23-28H,1-2,16-19H2,3H3/t20-,23+,24+,25+,26+,27-,28+/m0/s1. The molecule has 4 rings (SSSR count). The summed E-state index contributed by atoms with van der Waals surface area (Å²) < 4.78 is 37.8. The van der Waals surface area contributed by atoms with Crippen molar-refractivity contribution in [2.45, 2.75) is 63.1 Å². The van der Waals surface area contributed by atoms with Crippen molar-refractivity contribution in [1.29, 1.82) is 0 Å². The highest BCUT2D eigenvalue weighted by atomic mass is 16.7. The smallest absolute Gasteiger partial charge is 0.156 e. The normalized spacial score (nSPS) is 30.6. The third-order valence-electron chi connectivity index (χ3n) is 6.02. The predicted octanol–water partition coefficient (Wildman–Crippen LogP) is 4.44. The Morgan fingerprint density at radius 1 is 0.647 bits per heavy atom. The van der Waals surface area contributed by atoms with Crippen LogP contribution in [0.4, 0.5) is 0 Å². The van der Waals surface area contributed by atoms with Crippen LogP contribution in [0.5, 0.6) is 0 Å². The van der Waals surface area contributed by atoms with E-state index in [0.29, 0.717) is 26.4 Å². The summed E-state index contributed by atoms with van der Waals surface area (Å²) in [5.41, 5.74) is 2.14. The van der Waals surface area contributed by atoms with Gasteiger partial charge in [0.1, 0.15) is 36.6 Å². The second kappa shape index (κ2) is 12.4. The van der Waals surface area contributed by atoms with Gasteiger partial charge >= 0.3 is 0 Å². The van der Waals surface area contributed by atoms with E-state index in [1.807, 2.05) is 67.6 Å². The number of fused-ring (bicyclic) bond motifs is 2. The second-order valence-electron chi connectivity index (χ2n) is 8.46. The molecule has 182 valence electrons. The molecule has 0 radical (unpaired) electrons. The van der Waals surface area contributed by atoms with Gasteiger partial charge in [-0.3, -0.25) is 0 Å². The molecule has 0 unspecified atom stereocenters. The lowest BCUT2D eigenvalue weighted by Gasteiger charge is -2.53. The Morgan fingerprint density at radius 2 is 1.09 bits per heavy atom. The predicted molar refractivity (Wildman–Crippen MR) is 129 cm³/mol. The van der Waals surface area contributed by atoms with Crippen LogP contribution in [0, 0.1) is 0 Å². The van der Waals surface area contributed by atoms with Crippen molar-refractivity contribution >= 4 is 0 Å². The van der Waals surface area contributed by atoms with Crippen LogP contribution in [0.2, 0.25) is 0 Å². The third-order valence-corrected chi connectivity index (χ3v) is 6.02. The fourth-order valence-electron chi connectivity index (χ4n) is 4.56. The Morgan fingerprint density at radius 3 is 1.59 bits per heavy atom. The molecule has 6 heteroatoms. The zero-order valence-electron chi connectivity index (χ0n) is 19.7. The van der Waals surface area contributed by atoms with Gasteiger partial charge in [0, 0.05) is 0 Å². The summed E-state index contributed by atoms with van der Waals surface area (Å²) in [6.45, 7) is 11.0. The Kier molecular flexibility index (Phi) is 9.04. The van der Waals surface area contributed by atoms with Crippen molar-refractivity contribution < 1.29 is 28.4 Å². The average Bonchev–Trinajstić information content (AvgIpc) is 2.86. The molecule has 2 bridgehead atoms. The lowest BCUT2D eigenvalue weighted by Crippen LogP contribution is -2.71. The molecule has 0 aromatic heterocycles. The van der Waals surface area contributed by atoms with Crippen molar-refractivity contribution in [1.82, 2.24) is 0 Å². The highest BCUT2D eigenvalue weighted by molar-refractivity contribution is 5.15. The van der Waals surface area contributed by atoms with E-state index in [0.717, 1.165) is 11.1 Å². The topological polar surface area (TPSA) is 55.4 Å². The van der Waals surface area contributed by atoms with E-state index < -0.39 is 24.6 Å². The molecule has 2 aromatic rings. The highest BCUT2D eigenvalue weighted by Crippen LogP contribution is 2.38. The monoisotopic (exact) mass is 466 g/mol.